The molecule has 1 aliphatic rings. The van der Waals surface area contributed by atoms with Gasteiger partial charge in [0.15, 0.2) is 0 Å². The molecule has 0 amide bonds. The van der Waals surface area contributed by atoms with E-state index < -0.39 is 5.97 Å². The number of aliphatic carboxylic acids is 1. The molecule has 2 aromatic carbocycles. The SMILES string of the molecule is O=C(O)CC1CCCc2c1n(Cc1ccccc1)c1ccc(F)cc21. The number of aromatic nitrogens is 1. The maximum absolute atomic E-state index is 13.8. The summed E-state index contributed by atoms with van der Waals surface area (Å²) >= 11 is 0. The molecular weight excluding hydrogens is 317 g/mol. The standard InChI is InChI=1S/C21H20FNO2/c22-16-9-10-19-18(12-16)17-8-4-7-15(11-20(24)25)21(17)23(19)13-14-5-2-1-3-6-14/h1-3,5-6,9-10,12,15H,4,7-8,11,13H2,(H,24,25). The molecule has 1 N–H and O–H groups in total. The van der Waals surface area contributed by atoms with Crippen LogP contribution in [0, 0.1) is 5.82 Å². The van der Waals surface area contributed by atoms with Gasteiger partial charge in [-0.05, 0) is 48.6 Å². The summed E-state index contributed by atoms with van der Waals surface area (Å²) in [6.45, 7) is 0.675. The highest BCUT2D eigenvalue weighted by Crippen LogP contribution is 2.40. The van der Waals surface area contributed by atoms with Crippen molar-refractivity contribution in [3.63, 3.8) is 0 Å². The zero-order valence-electron chi connectivity index (χ0n) is 13.9. The van der Waals surface area contributed by atoms with E-state index in [0.717, 1.165) is 47.0 Å². The second kappa shape index (κ2) is 6.36. The maximum atomic E-state index is 13.8. The van der Waals surface area contributed by atoms with Crippen LogP contribution in [0.4, 0.5) is 4.39 Å². The largest absolute Gasteiger partial charge is 0.481 e. The predicted molar refractivity (Wildman–Crippen MR) is 95.4 cm³/mol. The summed E-state index contributed by atoms with van der Waals surface area (Å²) in [5, 5.41) is 10.3. The van der Waals surface area contributed by atoms with Crippen LogP contribution in [0.5, 0.6) is 0 Å². The number of hydrogen-bond acceptors (Lipinski definition) is 1. The number of carboxylic acid groups (broad SMARTS) is 1. The molecule has 0 aliphatic heterocycles. The first-order chi connectivity index (χ1) is 12.1. The molecule has 1 atom stereocenters. The molecule has 4 rings (SSSR count). The Morgan fingerprint density at radius 1 is 1.20 bits per heavy atom. The Morgan fingerprint density at radius 2 is 2.00 bits per heavy atom. The number of fused-ring (bicyclic) bond motifs is 3. The summed E-state index contributed by atoms with van der Waals surface area (Å²) in [7, 11) is 0. The summed E-state index contributed by atoms with van der Waals surface area (Å²) in [5.41, 5.74) is 4.36. The Kier molecular flexibility index (Phi) is 4.04. The molecule has 0 fully saturated rings. The smallest absolute Gasteiger partial charge is 0.304 e. The summed E-state index contributed by atoms with van der Waals surface area (Å²) in [6, 6.07) is 15.0. The van der Waals surface area contributed by atoms with Crippen LogP contribution in [0.2, 0.25) is 0 Å². The monoisotopic (exact) mass is 337 g/mol. The van der Waals surface area contributed by atoms with E-state index in [2.05, 4.69) is 16.7 Å². The first kappa shape index (κ1) is 15.9. The van der Waals surface area contributed by atoms with Gasteiger partial charge in [0.1, 0.15) is 5.82 Å². The van der Waals surface area contributed by atoms with E-state index in [0.29, 0.717) is 6.54 Å². The minimum absolute atomic E-state index is 0.0135. The van der Waals surface area contributed by atoms with E-state index in [1.165, 1.54) is 6.07 Å². The van der Waals surface area contributed by atoms with Gasteiger partial charge >= 0.3 is 5.97 Å². The van der Waals surface area contributed by atoms with E-state index in [1.54, 1.807) is 6.07 Å². The lowest BCUT2D eigenvalue weighted by molar-refractivity contribution is -0.137. The first-order valence-electron chi connectivity index (χ1n) is 8.69. The van der Waals surface area contributed by atoms with Crippen LogP contribution in [-0.4, -0.2) is 15.6 Å². The Labute approximate surface area is 145 Å². The van der Waals surface area contributed by atoms with Gasteiger partial charge in [-0.2, -0.15) is 0 Å². The fourth-order valence-electron chi connectivity index (χ4n) is 4.15. The lowest BCUT2D eigenvalue weighted by Gasteiger charge is -2.24. The highest BCUT2D eigenvalue weighted by molar-refractivity contribution is 5.86. The van der Waals surface area contributed by atoms with Gasteiger partial charge in [0.25, 0.3) is 0 Å². The molecule has 1 heterocycles. The van der Waals surface area contributed by atoms with Crippen molar-refractivity contribution in [2.75, 3.05) is 0 Å². The van der Waals surface area contributed by atoms with Gasteiger partial charge in [-0.3, -0.25) is 4.79 Å². The van der Waals surface area contributed by atoms with Crippen molar-refractivity contribution in [3.8, 4) is 0 Å². The highest BCUT2D eigenvalue weighted by Gasteiger charge is 2.29. The van der Waals surface area contributed by atoms with Crippen LogP contribution in [-0.2, 0) is 17.8 Å². The minimum Gasteiger partial charge on any atom is -0.481 e. The molecular formula is C21H20FNO2. The molecule has 128 valence electrons. The van der Waals surface area contributed by atoms with Crippen LogP contribution in [0.1, 0.15) is 42.0 Å². The summed E-state index contributed by atoms with van der Waals surface area (Å²) in [5.74, 6) is -1.03. The topological polar surface area (TPSA) is 42.2 Å². The molecule has 0 saturated heterocycles. The molecule has 1 aliphatic carbocycles. The molecule has 1 aromatic heterocycles. The first-order valence-corrected chi connectivity index (χ1v) is 8.69. The Morgan fingerprint density at radius 3 is 2.76 bits per heavy atom. The second-order valence-electron chi connectivity index (χ2n) is 6.78. The van der Waals surface area contributed by atoms with Crippen LogP contribution in [0.3, 0.4) is 0 Å². The highest BCUT2D eigenvalue weighted by atomic mass is 19.1. The third-order valence-corrected chi connectivity index (χ3v) is 5.15. The number of carboxylic acids is 1. The predicted octanol–water partition coefficient (Wildman–Crippen LogP) is 4.72. The number of halogens is 1. The van der Waals surface area contributed by atoms with Crippen molar-refractivity contribution in [1.82, 2.24) is 4.57 Å². The third kappa shape index (κ3) is 2.93. The van der Waals surface area contributed by atoms with Gasteiger partial charge in [-0.1, -0.05) is 30.3 Å². The summed E-state index contributed by atoms with van der Waals surface area (Å²) in [6.07, 6.45) is 2.83. The van der Waals surface area contributed by atoms with Crippen LogP contribution in [0.15, 0.2) is 48.5 Å². The van der Waals surface area contributed by atoms with Gasteiger partial charge < -0.3 is 9.67 Å². The maximum Gasteiger partial charge on any atom is 0.304 e. The molecule has 3 nitrogen and oxygen atoms in total. The van der Waals surface area contributed by atoms with Gasteiger partial charge in [0.2, 0.25) is 0 Å². The van der Waals surface area contributed by atoms with Gasteiger partial charge in [-0.15, -0.1) is 0 Å². The minimum atomic E-state index is -0.777. The molecule has 0 saturated carbocycles. The van der Waals surface area contributed by atoms with E-state index in [1.807, 2.05) is 24.3 Å². The molecule has 0 spiro atoms. The average molecular weight is 337 g/mol. The summed E-state index contributed by atoms with van der Waals surface area (Å²) < 4.78 is 16.0. The fourth-order valence-corrected chi connectivity index (χ4v) is 4.15. The Hall–Kier alpha value is -2.62. The normalized spacial score (nSPS) is 16.8. The Bertz CT molecular complexity index is 930. The second-order valence-corrected chi connectivity index (χ2v) is 6.78. The van der Waals surface area contributed by atoms with Gasteiger partial charge in [0, 0.05) is 29.1 Å². The number of nitrogens with zero attached hydrogens (tertiary/aromatic N) is 1. The molecule has 3 aromatic rings. The van der Waals surface area contributed by atoms with Crippen molar-refractivity contribution in [2.45, 2.75) is 38.1 Å². The molecule has 25 heavy (non-hydrogen) atoms. The average Bonchev–Trinajstić information content (AvgIpc) is 2.90. The van der Waals surface area contributed by atoms with Crippen LogP contribution in [0.25, 0.3) is 10.9 Å². The van der Waals surface area contributed by atoms with E-state index in [-0.39, 0.29) is 18.2 Å². The van der Waals surface area contributed by atoms with Crippen LogP contribution < -0.4 is 0 Å². The zero-order valence-corrected chi connectivity index (χ0v) is 13.9. The van der Waals surface area contributed by atoms with E-state index in [9.17, 15) is 14.3 Å². The molecule has 0 radical (unpaired) electrons. The molecule has 1 unspecified atom stereocenters. The number of benzene rings is 2. The van der Waals surface area contributed by atoms with E-state index >= 15 is 0 Å². The number of rotatable bonds is 4. The quantitative estimate of drug-likeness (QED) is 0.748. The van der Waals surface area contributed by atoms with Gasteiger partial charge in [-0.25, -0.2) is 4.39 Å². The molecule has 0 bridgehead atoms. The number of carbonyl (C=O) groups is 1. The molecule has 4 heteroatoms. The van der Waals surface area contributed by atoms with Crippen molar-refractivity contribution >= 4 is 16.9 Å². The van der Waals surface area contributed by atoms with Crippen molar-refractivity contribution in [3.05, 3.63) is 71.2 Å². The van der Waals surface area contributed by atoms with Crippen molar-refractivity contribution in [1.29, 1.82) is 0 Å². The third-order valence-electron chi connectivity index (χ3n) is 5.15. The lowest BCUT2D eigenvalue weighted by atomic mass is 9.84. The summed E-state index contributed by atoms with van der Waals surface area (Å²) in [4.78, 5) is 11.3. The zero-order chi connectivity index (χ0) is 17.4. The lowest BCUT2D eigenvalue weighted by Crippen LogP contribution is -2.17. The fraction of sp³-hybridized carbons (Fsp3) is 0.286. The van der Waals surface area contributed by atoms with Crippen molar-refractivity contribution in [2.24, 2.45) is 0 Å². The van der Waals surface area contributed by atoms with E-state index in [4.69, 9.17) is 0 Å². The van der Waals surface area contributed by atoms with Crippen molar-refractivity contribution < 1.29 is 14.3 Å². The number of aryl methyl sites for hydroxylation is 1. The Balaban J connectivity index is 1.91. The van der Waals surface area contributed by atoms with Gasteiger partial charge in [0.05, 0.1) is 6.42 Å². The number of hydrogen-bond donors (Lipinski definition) is 1. The van der Waals surface area contributed by atoms with Crippen LogP contribution >= 0.6 is 0 Å².